The van der Waals surface area contributed by atoms with Crippen LogP contribution in [0.2, 0.25) is 0 Å². The number of aryl methyl sites for hydroxylation is 1. The van der Waals surface area contributed by atoms with Gasteiger partial charge in [0.2, 0.25) is 0 Å². The van der Waals surface area contributed by atoms with E-state index in [4.69, 9.17) is 4.74 Å². The van der Waals surface area contributed by atoms with Crippen molar-refractivity contribution in [1.29, 1.82) is 0 Å². The van der Waals surface area contributed by atoms with E-state index >= 15 is 0 Å². The summed E-state index contributed by atoms with van der Waals surface area (Å²) in [6.45, 7) is 5.68. The summed E-state index contributed by atoms with van der Waals surface area (Å²) >= 11 is 0. The van der Waals surface area contributed by atoms with Gasteiger partial charge in [-0.25, -0.2) is 4.68 Å². The maximum absolute atomic E-state index is 6.01. The lowest BCUT2D eigenvalue weighted by Crippen LogP contribution is -2.28. The van der Waals surface area contributed by atoms with Gasteiger partial charge in [-0.2, -0.15) is 0 Å². The summed E-state index contributed by atoms with van der Waals surface area (Å²) in [5, 5.41) is 11.6. The molecule has 2 unspecified atom stereocenters. The number of nitrogens with one attached hydrogen (secondary N) is 1. The van der Waals surface area contributed by atoms with Crippen molar-refractivity contribution in [1.82, 2.24) is 20.3 Å². The molecule has 1 heterocycles. The van der Waals surface area contributed by atoms with E-state index in [1.807, 2.05) is 43.0 Å². The summed E-state index contributed by atoms with van der Waals surface area (Å²) in [6, 6.07) is 10.3. The molecule has 0 saturated heterocycles. The highest BCUT2D eigenvalue weighted by Gasteiger charge is 2.27. The van der Waals surface area contributed by atoms with Crippen molar-refractivity contribution in [3.05, 3.63) is 47.8 Å². The van der Waals surface area contributed by atoms with Crippen LogP contribution >= 0.6 is 0 Å². The van der Waals surface area contributed by atoms with Gasteiger partial charge in [0.1, 0.15) is 6.10 Å². The van der Waals surface area contributed by atoms with Gasteiger partial charge >= 0.3 is 0 Å². The normalized spacial score (nSPS) is 14.0. The lowest BCUT2D eigenvalue weighted by atomic mass is 9.99. The average molecular weight is 288 g/mol. The Hall–Kier alpha value is -1.72. The van der Waals surface area contributed by atoms with Crippen LogP contribution in [0.3, 0.4) is 0 Å². The first-order valence-corrected chi connectivity index (χ1v) is 7.54. The molecule has 1 N–H and O–H groups in total. The summed E-state index contributed by atoms with van der Waals surface area (Å²) in [4.78, 5) is 0. The van der Waals surface area contributed by atoms with Gasteiger partial charge in [-0.15, -0.1) is 5.10 Å². The molecular formula is C16H24N4O. The minimum absolute atomic E-state index is 0.0221. The minimum Gasteiger partial charge on any atom is -0.372 e. The minimum atomic E-state index is -0.0599. The number of benzene rings is 1. The molecule has 21 heavy (non-hydrogen) atoms. The monoisotopic (exact) mass is 288 g/mol. The molecule has 0 amide bonds. The second kappa shape index (κ2) is 7.90. The van der Waals surface area contributed by atoms with Crippen molar-refractivity contribution in [2.45, 2.75) is 39.0 Å². The van der Waals surface area contributed by atoms with Crippen molar-refractivity contribution in [2.24, 2.45) is 0 Å². The maximum atomic E-state index is 6.01. The molecule has 0 fully saturated rings. The summed E-state index contributed by atoms with van der Waals surface area (Å²) in [7, 11) is 1.95. The number of likely N-dealkylation sites (N-methyl/N-ethyl adjacent to an activating group) is 1. The molecule has 1 aromatic heterocycles. The number of hydrogen-bond donors (Lipinski definition) is 1. The van der Waals surface area contributed by atoms with Gasteiger partial charge in [-0.1, -0.05) is 42.5 Å². The molecule has 2 rings (SSSR count). The van der Waals surface area contributed by atoms with Crippen LogP contribution in [0.15, 0.2) is 36.5 Å². The zero-order valence-corrected chi connectivity index (χ0v) is 13.0. The Kier molecular flexibility index (Phi) is 5.90. The van der Waals surface area contributed by atoms with E-state index in [-0.39, 0.29) is 12.1 Å². The summed E-state index contributed by atoms with van der Waals surface area (Å²) in [6.07, 6.45) is 2.79. The van der Waals surface area contributed by atoms with Crippen LogP contribution in [-0.2, 0) is 11.3 Å². The molecule has 0 aliphatic heterocycles. The van der Waals surface area contributed by atoms with Crippen LogP contribution in [0.25, 0.3) is 0 Å². The predicted molar refractivity (Wildman–Crippen MR) is 82.9 cm³/mol. The Morgan fingerprint density at radius 3 is 2.62 bits per heavy atom. The highest BCUT2D eigenvalue weighted by atomic mass is 16.5. The largest absolute Gasteiger partial charge is 0.372 e. The third-order valence-corrected chi connectivity index (χ3v) is 3.49. The highest BCUT2D eigenvalue weighted by Crippen LogP contribution is 2.31. The quantitative estimate of drug-likeness (QED) is 0.811. The average Bonchev–Trinajstić information content (AvgIpc) is 2.97. The molecule has 2 aromatic rings. The predicted octanol–water partition coefficient (Wildman–Crippen LogP) is 2.73. The van der Waals surface area contributed by atoms with E-state index in [1.54, 1.807) is 0 Å². The molecule has 1 aromatic carbocycles. The van der Waals surface area contributed by atoms with Gasteiger partial charge in [0.25, 0.3) is 0 Å². The molecule has 5 heteroatoms. The van der Waals surface area contributed by atoms with E-state index in [9.17, 15) is 0 Å². The zero-order valence-electron chi connectivity index (χ0n) is 13.0. The topological polar surface area (TPSA) is 52.0 Å². The molecule has 0 bridgehead atoms. The smallest absolute Gasteiger partial charge is 0.103 e. The summed E-state index contributed by atoms with van der Waals surface area (Å²) < 4.78 is 7.96. The van der Waals surface area contributed by atoms with Gasteiger partial charge in [0.15, 0.2) is 0 Å². The third-order valence-electron chi connectivity index (χ3n) is 3.49. The molecule has 0 radical (unpaired) electrons. The Labute approximate surface area is 126 Å². The van der Waals surface area contributed by atoms with E-state index in [2.05, 4.69) is 34.7 Å². The first-order valence-electron chi connectivity index (χ1n) is 7.54. The first-order chi connectivity index (χ1) is 10.3. The fraction of sp³-hybridized carbons (Fsp3) is 0.500. The number of nitrogens with zero attached hydrogens (tertiary/aromatic N) is 3. The van der Waals surface area contributed by atoms with E-state index in [0.717, 1.165) is 24.2 Å². The second-order valence-electron chi connectivity index (χ2n) is 4.93. The van der Waals surface area contributed by atoms with Crippen molar-refractivity contribution in [2.75, 3.05) is 13.7 Å². The van der Waals surface area contributed by atoms with E-state index in [1.165, 1.54) is 0 Å². The first kappa shape index (κ1) is 15.7. The lowest BCUT2D eigenvalue weighted by molar-refractivity contribution is 0.0324. The maximum Gasteiger partial charge on any atom is 0.103 e. The Morgan fingerprint density at radius 1 is 1.24 bits per heavy atom. The lowest BCUT2D eigenvalue weighted by Gasteiger charge is -2.27. The van der Waals surface area contributed by atoms with Crippen LogP contribution in [0.1, 0.15) is 43.7 Å². The Morgan fingerprint density at radius 2 is 2.00 bits per heavy atom. The van der Waals surface area contributed by atoms with Crippen molar-refractivity contribution in [3.8, 4) is 0 Å². The van der Waals surface area contributed by atoms with Crippen LogP contribution in [0.4, 0.5) is 0 Å². The molecular weight excluding hydrogens is 264 g/mol. The number of rotatable bonds is 8. The fourth-order valence-electron chi connectivity index (χ4n) is 2.55. The molecule has 0 aliphatic rings. The Bertz CT molecular complexity index is 526. The molecule has 0 aliphatic carbocycles. The van der Waals surface area contributed by atoms with Crippen LogP contribution in [0.5, 0.6) is 0 Å². The number of hydrogen-bond acceptors (Lipinski definition) is 4. The van der Waals surface area contributed by atoms with Gasteiger partial charge in [0, 0.05) is 13.2 Å². The third kappa shape index (κ3) is 3.68. The molecule has 2 atom stereocenters. The highest BCUT2D eigenvalue weighted by molar-refractivity contribution is 5.22. The fourth-order valence-corrected chi connectivity index (χ4v) is 2.55. The van der Waals surface area contributed by atoms with Crippen LogP contribution in [-0.4, -0.2) is 28.6 Å². The van der Waals surface area contributed by atoms with E-state index < -0.39 is 0 Å². The molecule has 5 nitrogen and oxygen atoms in total. The standard InChI is InChI=1S/C16H24N4O/c1-4-11-20-14(12-18-19-20)15(17-3)16(21-5-2)13-9-7-6-8-10-13/h6-10,12,15-17H,4-5,11H2,1-3H3. The number of aromatic nitrogens is 3. The van der Waals surface area contributed by atoms with E-state index in [0.29, 0.717) is 6.61 Å². The van der Waals surface area contributed by atoms with Crippen molar-refractivity contribution >= 4 is 0 Å². The van der Waals surface area contributed by atoms with Crippen molar-refractivity contribution in [3.63, 3.8) is 0 Å². The SMILES string of the molecule is CCCn1nncc1C(NC)C(OCC)c1ccccc1. The zero-order chi connectivity index (χ0) is 15.1. The van der Waals surface area contributed by atoms with Gasteiger partial charge in [0.05, 0.1) is 17.9 Å². The molecule has 0 spiro atoms. The number of ether oxygens (including phenoxy) is 1. The van der Waals surface area contributed by atoms with Crippen LogP contribution < -0.4 is 5.32 Å². The second-order valence-corrected chi connectivity index (χ2v) is 4.93. The van der Waals surface area contributed by atoms with Crippen LogP contribution in [0, 0.1) is 0 Å². The molecule has 0 saturated carbocycles. The summed E-state index contributed by atoms with van der Waals surface area (Å²) in [5.41, 5.74) is 2.21. The van der Waals surface area contributed by atoms with Gasteiger partial charge in [-0.05, 0) is 26.0 Å². The van der Waals surface area contributed by atoms with Gasteiger partial charge in [-0.3, -0.25) is 0 Å². The summed E-state index contributed by atoms with van der Waals surface area (Å²) in [5.74, 6) is 0. The molecule has 114 valence electrons. The van der Waals surface area contributed by atoms with Crippen molar-refractivity contribution < 1.29 is 4.74 Å². The Balaban J connectivity index is 2.33. The van der Waals surface area contributed by atoms with Gasteiger partial charge < -0.3 is 10.1 Å².